The minimum atomic E-state index is 0. The molecule has 2 N–H and O–H groups in total. The number of guanidine groups is 1. The molecule has 0 aromatic carbocycles. The lowest BCUT2D eigenvalue weighted by Crippen LogP contribution is -2.38. The first-order valence-corrected chi connectivity index (χ1v) is 8.39. The van der Waals surface area contributed by atoms with Crippen LogP contribution in [-0.4, -0.2) is 33.8 Å². The number of aromatic nitrogens is 3. The van der Waals surface area contributed by atoms with Gasteiger partial charge >= 0.3 is 0 Å². The van der Waals surface area contributed by atoms with Crippen LogP contribution in [0.5, 0.6) is 0 Å². The van der Waals surface area contributed by atoms with Gasteiger partial charge in [0.05, 0.1) is 3.79 Å². The van der Waals surface area contributed by atoms with Crippen LogP contribution in [0.15, 0.2) is 27.2 Å². The molecule has 2 aromatic rings. The third kappa shape index (κ3) is 6.21. The third-order valence-corrected chi connectivity index (χ3v) is 4.50. The SMILES string of the molecule is CCNC(=NCc1ncnn1C)NCCc1ccc(Br)s1.I. The van der Waals surface area contributed by atoms with Crippen molar-refractivity contribution >= 4 is 57.2 Å². The van der Waals surface area contributed by atoms with Crippen LogP contribution in [0.3, 0.4) is 0 Å². The van der Waals surface area contributed by atoms with Crippen molar-refractivity contribution in [1.29, 1.82) is 0 Å². The summed E-state index contributed by atoms with van der Waals surface area (Å²) in [5.41, 5.74) is 0. The van der Waals surface area contributed by atoms with Crippen LogP contribution in [0.2, 0.25) is 0 Å². The zero-order valence-electron chi connectivity index (χ0n) is 12.5. The third-order valence-electron chi connectivity index (χ3n) is 2.82. The molecule has 0 radical (unpaired) electrons. The Balaban J connectivity index is 0.00000242. The molecule has 0 saturated carbocycles. The Labute approximate surface area is 160 Å². The van der Waals surface area contributed by atoms with E-state index in [-0.39, 0.29) is 24.0 Å². The van der Waals surface area contributed by atoms with Gasteiger partial charge in [0.2, 0.25) is 0 Å². The maximum Gasteiger partial charge on any atom is 0.191 e. The topological polar surface area (TPSA) is 67.1 Å². The van der Waals surface area contributed by atoms with E-state index in [1.807, 2.05) is 7.05 Å². The summed E-state index contributed by atoms with van der Waals surface area (Å²) >= 11 is 5.24. The summed E-state index contributed by atoms with van der Waals surface area (Å²) in [5, 5.41) is 10.6. The molecule has 0 bridgehead atoms. The first-order valence-electron chi connectivity index (χ1n) is 6.78. The Hall–Kier alpha value is -0.680. The Morgan fingerprint density at radius 1 is 1.41 bits per heavy atom. The summed E-state index contributed by atoms with van der Waals surface area (Å²) in [6.45, 7) is 4.24. The molecular weight excluding hydrogens is 479 g/mol. The molecule has 0 atom stereocenters. The monoisotopic (exact) mass is 498 g/mol. The van der Waals surface area contributed by atoms with E-state index in [0.717, 1.165) is 31.3 Å². The highest BCUT2D eigenvalue weighted by atomic mass is 127. The fourth-order valence-corrected chi connectivity index (χ4v) is 3.23. The fourth-order valence-electron chi connectivity index (χ4n) is 1.75. The number of nitrogens with one attached hydrogen (secondary N) is 2. The van der Waals surface area contributed by atoms with Gasteiger partial charge in [0.15, 0.2) is 5.96 Å². The van der Waals surface area contributed by atoms with E-state index in [1.54, 1.807) is 22.3 Å². The highest BCUT2D eigenvalue weighted by Crippen LogP contribution is 2.21. The maximum atomic E-state index is 4.52. The molecule has 22 heavy (non-hydrogen) atoms. The van der Waals surface area contributed by atoms with Crippen LogP contribution in [-0.2, 0) is 20.0 Å². The van der Waals surface area contributed by atoms with Gasteiger partial charge < -0.3 is 10.6 Å². The van der Waals surface area contributed by atoms with Gasteiger partial charge in [-0.2, -0.15) is 5.10 Å². The fraction of sp³-hybridized carbons (Fsp3) is 0.462. The lowest BCUT2D eigenvalue weighted by atomic mass is 10.3. The van der Waals surface area contributed by atoms with E-state index >= 15 is 0 Å². The van der Waals surface area contributed by atoms with Crippen molar-refractivity contribution in [3.63, 3.8) is 0 Å². The summed E-state index contributed by atoms with van der Waals surface area (Å²) in [6, 6.07) is 4.22. The van der Waals surface area contributed by atoms with Crippen LogP contribution >= 0.6 is 51.2 Å². The van der Waals surface area contributed by atoms with Crippen LogP contribution in [0.4, 0.5) is 0 Å². The van der Waals surface area contributed by atoms with Crippen molar-refractivity contribution in [2.24, 2.45) is 12.0 Å². The number of hydrogen-bond donors (Lipinski definition) is 2. The van der Waals surface area contributed by atoms with Crippen LogP contribution < -0.4 is 10.6 Å². The number of rotatable bonds is 6. The summed E-state index contributed by atoms with van der Waals surface area (Å²) < 4.78 is 2.90. The van der Waals surface area contributed by atoms with E-state index in [4.69, 9.17) is 0 Å². The molecule has 122 valence electrons. The van der Waals surface area contributed by atoms with Crippen LogP contribution in [0.1, 0.15) is 17.6 Å². The zero-order valence-corrected chi connectivity index (χ0v) is 17.3. The van der Waals surface area contributed by atoms with Gasteiger partial charge in [-0.3, -0.25) is 4.68 Å². The molecular formula is C13H20BrIN6S. The molecule has 0 aliphatic carbocycles. The molecule has 2 heterocycles. The molecule has 6 nitrogen and oxygen atoms in total. The number of halogens is 2. The molecule has 2 rings (SSSR count). The Bertz CT molecular complexity index is 597. The van der Waals surface area contributed by atoms with Gasteiger partial charge in [0, 0.05) is 25.0 Å². The van der Waals surface area contributed by atoms with Crippen molar-refractivity contribution in [3.8, 4) is 0 Å². The summed E-state index contributed by atoms with van der Waals surface area (Å²) in [7, 11) is 1.87. The van der Waals surface area contributed by atoms with Gasteiger partial charge in [-0.1, -0.05) is 0 Å². The average molecular weight is 499 g/mol. The van der Waals surface area contributed by atoms with E-state index in [1.165, 1.54) is 8.66 Å². The maximum absolute atomic E-state index is 4.52. The average Bonchev–Trinajstić information content (AvgIpc) is 3.05. The zero-order chi connectivity index (χ0) is 15.1. The Morgan fingerprint density at radius 2 is 2.23 bits per heavy atom. The Morgan fingerprint density at radius 3 is 2.82 bits per heavy atom. The standard InChI is InChI=1S/C13H19BrN6S.HI/c1-3-15-13(17-8-12-18-9-19-20(12)2)16-7-6-10-4-5-11(14)21-10;/h4-5,9H,3,6-8H2,1-2H3,(H2,15,16,17);1H. The highest BCUT2D eigenvalue weighted by Gasteiger charge is 2.02. The van der Waals surface area contributed by atoms with Gasteiger partial charge in [0.1, 0.15) is 18.7 Å². The second-order valence-corrected chi connectivity index (χ2v) is 6.93. The van der Waals surface area contributed by atoms with Crippen molar-refractivity contribution < 1.29 is 0 Å². The van der Waals surface area contributed by atoms with Crippen molar-refractivity contribution in [2.45, 2.75) is 19.9 Å². The normalized spacial score (nSPS) is 11.1. The number of aliphatic imine (C=N–C) groups is 1. The molecule has 0 fully saturated rings. The molecule has 0 aliphatic rings. The van der Waals surface area contributed by atoms with Gasteiger partial charge in [0.25, 0.3) is 0 Å². The lowest BCUT2D eigenvalue weighted by molar-refractivity contribution is 0.697. The summed E-state index contributed by atoms with van der Waals surface area (Å²) in [6.07, 6.45) is 2.52. The van der Waals surface area contributed by atoms with Gasteiger partial charge in [-0.05, 0) is 41.4 Å². The smallest absolute Gasteiger partial charge is 0.191 e. The second-order valence-electron chi connectivity index (χ2n) is 4.38. The van der Waals surface area contributed by atoms with Crippen molar-refractivity contribution in [1.82, 2.24) is 25.4 Å². The lowest BCUT2D eigenvalue weighted by Gasteiger charge is -2.10. The number of hydrogen-bond acceptors (Lipinski definition) is 4. The van der Waals surface area contributed by atoms with Crippen molar-refractivity contribution in [3.05, 3.63) is 32.9 Å². The molecule has 0 unspecified atom stereocenters. The quantitative estimate of drug-likeness (QED) is 0.365. The molecule has 0 aliphatic heterocycles. The second kappa shape index (κ2) is 10.2. The van der Waals surface area contributed by atoms with Crippen molar-refractivity contribution in [2.75, 3.05) is 13.1 Å². The largest absolute Gasteiger partial charge is 0.357 e. The highest BCUT2D eigenvalue weighted by molar-refractivity contribution is 14.0. The summed E-state index contributed by atoms with van der Waals surface area (Å²) in [4.78, 5) is 10.0. The van der Waals surface area contributed by atoms with E-state index in [9.17, 15) is 0 Å². The molecule has 0 amide bonds. The number of thiophene rings is 1. The van der Waals surface area contributed by atoms with Crippen LogP contribution in [0.25, 0.3) is 0 Å². The van der Waals surface area contributed by atoms with Crippen LogP contribution in [0, 0.1) is 0 Å². The Kier molecular flexibility index (Phi) is 8.95. The minimum absolute atomic E-state index is 0. The first-order chi connectivity index (χ1) is 10.2. The number of aryl methyl sites for hydroxylation is 1. The molecule has 2 aromatic heterocycles. The summed E-state index contributed by atoms with van der Waals surface area (Å²) in [5.74, 6) is 1.64. The molecule has 9 heteroatoms. The first kappa shape index (κ1) is 19.4. The molecule has 0 spiro atoms. The predicted octanol–water partition coefficient (Wildman–Crippen LogP) is 2.55. The number of nitrogens with zero attached hydrogens (tertiary/aromatic N) is 4. The predicted molar refractivity (Wildman–Crippen MR) is 105 cm³/mol. The van der Waals surface area contributed by atoms with Gasteiger partial charge in [-0.25, -0.2) is 9.98 Å². The molecule has 0 saturated heterocycles. The van der Waals surface area contributed by atoms with Gasteiger partial charge in [-0.15, -0.1) is 35.3 Å². The van der Waals surface area contributed by atoms with E-state index in [0.29, 0.717) is 6.54 Å². The van der Waals surface area contributed by atoms with E-state index < -0.39 is 0 Å². The van der Waals surface area contributed by atoms with E-state index in [2.05, 4.69) is 60.7 Å². The minimum Gasteiger partial charge on any atom is -0.357 e.